The monoisotopic (exact) mass is 264 g/mol. The summed E-state index contributed by atoms with van der Waals surface area (Å²) in [6.45, 7) is 15.4. The van der Waals surface area contributed by atoms with Gasteiger partial charge in [0.25, 0.3) is 0 Å². The Labute approximate surface area is 117 Å². The zero-order valence-corrected chi connectivity index (χ0v) is 13.0. The van der Waals surface area contributed by atoms with E-state index >= 15 is 0 Å². The third-order valence-corrected chi connectivity index (χ3v) is 4.09. The van der Waals surface area contributed by atoms with E-state index in [0.29, 0.717) is 12.1 Å². The molecule has 1 N–H and O–H groups in total. The summed E-state index contributed by atoms with van der Waals surface area (Å²) in [6.07, 6.45) is 1.11. The summed E-state index contributed by atoms with van der Waals surface area (Å²) < 4.78 is 2.42. The van der Waals surface area contributed by atoms with Crippen LogP contribution in [0.15, 0.2) is 0 Å². The maximum absolute atomic E-state index is 4.70. The summed E-state index contributed by atoms with van der Waals surface area (Å²) >= 11 is 0. The molecule has 1 aromatic heterocycles. The lowest BCUT2D eigenvalue weighted by molar-refractivity contribution is 0.167. The van der Waals surface area contributed by atoms with Crippen molar-refractivity contribution >= 4 is 0 Å². The quantitative estimate of drug-likeness (QED) is 0.882. The van der Waals surface area contributed by atoms with Gasteiger partial charge in [0.15, 0.2) is 0 Å². The van der Waals surface area contributed by atoms with Crippen molar-refractivity contribution in [3.05, 3.63) is 17.2 Å². The van der Waals surface area contributed by atoms with Crippen LogP contribution in [0.2, 0.25) is 0 Å². The van der Waals surface area contributed by atoms with Gasteiger partial charge in [0.2, 0.25) is 0 Å². The molecule has 0 fully saturated rings. The van der Waals surface area contributed by atoms with E-state index in [-0.39, 0.29) is 0 Å². The van der Waals surface area contributed by atoms with Crippen LogP contribution in [-0.4, -0.2) is 39.6 Å². The van der Waals surface area contributed by atoms with E-state index in [9.17, 15) is 0 Å². The van der Waals surface area contributed by atoms with Crippen LogP contribution in [0.3, 0.4) is 0 Å². The van der Waals surface area contributed by atoms with Crippen LogP contribution in [-0.2, 0) is 19.5 Å². The van der Waals surface area contributed by atoms with E-state index in [1.54, 1.807) is 0 Å². The Morgan fingerprint density at radius 3 is 2.58 bits per heavy atom. The fourth-order valence-corrected chi connectivity index (χ4v) is 3.13. The Hall–Kier alpha value is -0.870. The molecule has 0 unspecified atom stereocenters. The van der Waals surface area contributed by atoms with Gasteiger partial charge in [0.05, 0.1) is 5.69 Å². The molecule has 0 saturated heterocycles. The molecule has 4 heteroatoms. The first kappa shape index (κ1) is 14.5. The van der Waals surface area contributed by atoms with Gasteiger partial charge < -0.3 is 9.88 Å². The minimum atomic E-state index is 0.598. The SMILES string of the molecule is Cc1nc2c(n1CCN(C(C)C)C(C)C)CCNC2. The second-order valence-electron chi connectivity index (χ2n) is 6.06. The van der Waals surface area contributed by atoms with Gasteiger partial charge in [-0.25, -0.2) is 4.98 Å². The summed E-state index contributed by atoms with van der Waals surface area (Å²) in [5, 5.41) is 3.40. The molecular formula is C15H28N4. The van der Waals surface area contributed by atoms with Crippen LogP contribution in [0.25, 0.3) is 0 Å². The molecule has 0 aliphatic carbocycles. The number of hydrogen-bond acceptors (Lipinski definition) is 3. The predicted molar refractivity (Wildman–Crippen MR) is 79.4 cm³/mol. The molecule has 0 radical (unpaired) electrons. The van der Waals surface area contributed by atoms with Crippen molar-refractivity contribution in [2.75, 3.05) is 13.1 Å². The summed E-state index contributed by atoms with van der Waals surface area (Å²) in [7, 11) is 0. The van der Waals surface area contributed by atoms with Crippen molar-refractivity contribution in [2.24, 2.45) is 0 Å². The van der Waals surface area contributed by atoms with Crippen molar-refractivity contribution in [1.82, 2.24) is 19.8 Å². The average molecular weight is 264 g/mol. The van der Waals surface area contributed by atoms with Crippen molar-refractivity contribution in [2.45, 2.75) is 66.2 Å². The number of nitrogens with zero attached hydrogens (tertiary/aromatic N) is 3. The number of rotatable bonds is 5. The molecule has 0 saturated carbocycles. The molecule has 0 bridgehead atoms. The van der Waals surface area contributed by atoms with E-state index < -0.39 is 0 Å². The van der Waals surface area contributed by atoms with Crippen LogP contribution >= 0.6 is 0 Å². The normalized spacial score (nSPS) is 15.6. The molecule has 2 rings (SSSR count). The highest BCUT2D eigenvalue weighted by molar-refractivity contribution is 5.19. The van der Waals surface area contributed by atoms with Crippen molar-refractivity contribution in [1.29, 1.82) is 0 Å². The second kappa shape index (κ2) is 6.06. The van der Waals surface area contributed by atoms with Gasteiger partial charge in [0, 0.05) is 50.4 Å². The number of aromatic nitrogens is 2. The van der Waals surface area contributed by atoms with Crippen LogP contribution in [0.4, 0.5) is 0 Å². The molecule has 19 heavy (non-hydrogen) atoms. The van der Waals surface area contributed by atoms with Gasteiger partial charge in [0.1, 0.15) is 5.82 Å². The highest BCUT2D eigenvalue weighted by Crippen LogP contribution is 2.16. The lowest BCUT2D eigenvalue weighted by Crippen LogP contribution is -2.39. The summed E-state index contributed by atoms with van der Waals surface area (Å²) in [5.74, 6) is 1.17. The molecule has 1 aromatic rings. The number of fused-ring (bicyclic) bond motifs is 1. The molecular weight excluding hydrogens is 236 g/mol. The van der Waals surface area contributed by atoms with E-state index in [0.717, 1.165) is 32.6 Å². The molecule has 0 amide bonds. The Bertz CT molecular complexity index is 412. The zero-order valence-electron chi connectivity index (χ0n) is 13.0. The van der Waals surface area contributed by atoms with Crippen LogP contribution < -0.4 is 5.32 Å². The fraction of sp³-hybridized carbons (Fsp3) is 0.800. The third kappa shape index (κ3) is 3.18. The number of aryl methyl sites for hydroxylation is 1. The first-order valence-corrected chi connectivity index (χ1v) is 7.52. The average Bonchev–Trinajstić information content (AvgIpc) is 2.65. The third-order valence-electron chi connectivity index (χ3n) is 4.09. The maximum atomic E-state index is 4.70. The van der Waals surface area contributed by atoms with Crippen molar-refractivity contribution < 1.29 is 0 Å². The zero-order chi connectivity index (χ0) is 14.0. The van der Waals surface area contributed by atoms with Gasteiger partial charge in [-0.1, -0.05) is 0 Å². The predicted octanol–water partition coefficient (Wildman–Crippen LogP) is 1.96. The Kier molecular flexibility index (Phi) is 4.63. The number of nitrogens with one attached hydrogen (secondary N) is 1. The van der Waals surface area contributed by atoms with E-state index in [4.69, 9.17) is 4.98 Å². The minimum Gasteiger partial charge on any atom is -0.331 e. The molecule has 1 aliphatic rings. The van der Waals surface area contributed by atoms with Gasteiger partial charge in [-0.15, -0.1) is 0 Å². The highest BCUT2D eigenvalue weighted by Gasteiger charge is 2.19. The summed E-state index contributed by atoms with van der Waals surface area (Å²) in [6, 6.07) is 1.20. The first-order chi connectivity index (χ1) is 9.00. The Morgan fingerprint density at radius 1 is 1.26 bits per heavy atom. The van der Waals surface area contributed by atoms with Crippen LogP contribution in [0.5, 0.6) is 0 Å². The molecule has 2 heterocycles. The van der Waals surface area contributed by atoms with Crippen molar-refractivity contribution in [3.63, 3.8) is 0 Å². The largest absolute Gasteiger partial charge is 0.331 e. The van der Waals surface area contributed by atoms with Crippen LogP contribution in [0.1, 0.15) is 44.9 Å². The standard InChI is InChI=1S/C15H28N4/c1-11(2)18(12(3)4)8-9-19-13(5)17-14-10-16-7-6-15(14)19/h11-12,16H,6-10H2,1-5H3. The van der Waals surface area contributed by atoms with Gasteiger partial charge in [-0.05, 0) is 34.6 Å². The number of imidazole rings is 1. The molecule has 0 atom stereocenters. The molecule has 0 spiro atoms. The number of hydrogen-bond donors (Lipinski definition) is 1. The molecule has 4 nitrogen and oxygen atoms in total. The minimum absolute atomic E-state index is 0.598. The lowest BCUT2D eigenvalue weighted by atomic mass is 10.2. The topological polar surface area (TPSA) is 33.1 Å². The Balaban J connectivity index is 2.09. The molecule has 1 aliphatic heterocycles. The Morgan fingerprint density at radius 2 is 1.95 bits per heavy atom. The van der Waals surface area contributed by atoms with E-state index in [2.05, 4.69) is 49.4 Å². The van der Waals surface area contributed by atoms with E-state index in [1.165, 1.54) is 17.2 Å². The first-order valence-electron chi connectivity index (χ1n) is 7.52. The summed E-state index contributed by atoms with van der Waals surface area (Å²) in [4.78, 5) is 7.25. The lowest BCUT2D eigenvalue weighted by Gasteiger charge is -2.31. The second-order valence-corrected chi connectivity index (χ2v) is 6.06. The molecule has 108 valence electrons. The van der Waals surface area contributed by atoms with Crippen LogP contribution in [0, 0.1) is 6.92 Å². The van der Waals surface area contributed by atoms with E-state index in [1.807, 2.05) is 0 Å². The van der Waals surface area contributed by atoms with Gasteiger partial charge in [-0.3, -0.25) is 4.90 Å². The fourth-order valence-electron chi connectivity index (χ4n) is 3.13. The summed E-state index contributed by atoms with van der Waals surface area (Å²) in [5.41, 5.74) is 2.70. The molecule has 0 aromatic carbocycles. The highest BCUT2D eigenvalue weighted by atomic mass is 15.2. The van der Waals surface area contributed by atoms with Gasteiger partial charge >= 0.3 is 0 Å². The van der Waals surface area contributed by atoms with Crippen molar-refractivity contribution in [3.8, 4) is 0 Å². The van der Waals surface area contributed by atoms with Gasteiger partial charge in [-0.2, -0.15) is 0 Å². The smallest absolute Gasteiger partial charge is 0.106 e. The maximum Gasteiger partial charge on any atom is 0.106 e.